The molecule has 0 aliphatic rings. The predicted octanol–water partition coefficient (Wildman–Crippen LogP) is 3.66. The van der Waals surface area contributed by atoms with Crippen molar-refractivity contribution in [1.29, 1.82) is 0 Å². The van der Waals surface area contributed by atoms with Crippen LogP contribution in [-0.4, -0.2) is 25.9 Å². The van der Waals surface area contributed by atoms with Gasteiger partial charge in [0.05, 0.1) is 10.9 Å². The van der Waals surface area contributed by atoms with Crippen molar-refractivity contribution in [1.82, 2.24) is 20.0 Å². The fourth-order valence-electron chi connectivity index (χ4n) is 2.69. The minimum Gasteiger partial charge on any atom is -0.439 e. The zero-order valence-electron chi connectivity index (χ0n) is 15.4. The molecular weight excluding hydrogens is 408 g/mol. The Hall–Kier alpha value is -3.04. The van der Waals surface area contributed by atoms with Crippen molar-refractivity contribution in [2.75, 3.05) is 0 Å². The van der Waals surface area contributed by atoms with Crippen molar-refractivity contribution >= 4 is 40.0 Å². The third-order valence-corrected chi connectivity index (χ3v) is 6.32. The van der Waals surface area contributed by atoms with Crippen LogP contribution in [-0.2, 0) is 17.2 Å². The summed E-state index contributed by atoms with van der Waals surface area (Å²) in [6.45, 7) is 1.64. The standard InChI is InChI=1S/C20H16N4O3S2/c1-13-10-28-20(21-13)29-11-14-6-2-3-7-15(14)19(26)27-12-24-18(25)16-8-4-5-9-17(16)22-23-24/h2-10H,11-12H2,1H3. The van der Waals surface area contributed by atoms with E-state index in [0.717, 1.165) is 20.3 Å². The molecule has 29 heavy (non-hydrogen) atoms. The zero-order valence-corrected chi connectivity index (χ0v) is 17.1. The second kappa shape index (κ2) is 8.54. The Morgan fingerprint density at radius 1 is 1.17 bits per heavy atom. The normalized spacial score (nSPS) is 10.9. The highest BCUT2D eigenvalue weighted by atomic mass is 32.2. The van der Waals surface area contributed by atoms with E-state index in [9.17, 15) is 9.59 Å². The first-order valence-electron chi connectivity index (χ1n) is 8.74. The predicted molar refractivity (Wildman–Crippen MR) is 112 cm³/mol. The third-order valence-electron chi connectivity index (χ3n) is 4.13. The maximum atomic E-state index is 12.6. The van der Waals surface area contributed by atoms with Crippen LogP contribution in [0.2, 0.25) is 0 Å². The largest absolute Gasteiger partial charge is 0.439 e. The fourth-order valence-corrected chi connectivity index (χ4v) is 4.54. The van der Waals surface area contributed by atoms with E-state index in [0.29, 0.717) is 22.2 Å². The molecule has 0 bridgehead atoms. The molecule has 0 saturated heterocycles. The molecule has 4 rings (SSSR count). The number of aryl methyl sites for hydroxylation is 1. The first-order chi connectivity index (χ1) is 14.1. The number of esters is 1. The van der Waals surface area contributed by atoms with E-state index in [1.807, 2.05) is 24.4 Å². The van der Waals surface area contributed by atoms with Crippen LogP contribution in [0.5, 0.6) is 0 Å². The van der Waals surface area contributed by atoms with Crippen molar-refractivity contribution in [3.63, 3.8) is 0 Å². The van der Waals surface area contributed by atoms with Gasteiger partial charge in [0.2, 0.25) is 0 Å². The van der Waals surface area contributed by atoms with Gasteiger partial charge in [0.25, 0.3) is 5.56 Å². The molecule has 0 saturated carbocycles. The molecule has 0 fully saturated rings. The molecule has 7 nitrogen and oxygen atoms in total. The summed E-state index contributed by atoms with van der Waals surface area (Å²) in [4.78, 5) is 29.5. The Morgan fingerprint density at radius 2 is 1.97 bits per heavy atom. The third kappa shape index (κ3) is 4.36. The number of hydrogen-bond acceptors (Lipinski definition) is 8. The summed E-state index contributed by atoms with van der Waals surface area (Å²) in [5.41, 5.74) is 2.42. The van der Waals surface area contributed by atoms with Gasteiger partial charge >= 0.3 is 5.97 Å². The summed E-state index contributed by atoms with van der Waals surface area (Å²) in [7, 11) is 0. The van der Waals surface area contributed by atoms with Crippen molar-refractivity contribution in [3.8, 4) is 0 Å². The van der Waals surface area contributed by atoms with Gasteiger partial charge in [-0.25, -0.2) is 9.78 Å². The number of carbonyl (C=O) groups is 1. The fraction of sp³-hybridized carbons (Fsp3) is 0.150. The summed E-state index contributed by atoms with van der Waals surface area (Å²) >= 11 is 3.14. The number of ether oxygens (including phenoxy) is 1. The molecule has 2 aromatic carbocycles. The molecule has 0 unspecified atom stereocenters. The van der Waals surface area contributed by atoms with Gasteiger partial charge in [-0.3, -0.25) is 4.79 Å². The molecule has 0 atom stereocenters. The van der Waals surface area contributed by atoms with Crippen molar-refractivity contribution < 1.29 is 9.53 Å². The van der Waals surface area contributed by atoms with E-state index in [1.54, 1.807) is 59.5 Å². The number of benzene rings is 2. The van der Waals surface area contributed by atoms with Gasteiger partial charge in [0.1, 0.15) is 9.86 Å². The molecule has 2 heterocycles. The quantitative estimate of drug-likeness (QED) is 0.345. The van der Waals surface area contributed by atoms with E-state index in [4.69, 9.17) is 4.74 Å². The highest BCUT2D eigenvalue weighted by Gasteiger charge is 2.14. The zero-order chi connectivity index (χ0) is 20.2. The Morgan fingerprint density at radius 3 is 2.79 bits per heavy atom. The Labute approximate surface area is 174 Å². The second-order valence-corrected chi connectivity index (χ2v) is 8.25. The van der Waals surface area contributed by atoms with Crippen molar-refractivity contribution in [2.24, 2.45) is 0 Å². The molecule has 0 aliphatic carbocycles. The van der Waals surface area contributed by atoms with E-state index < -0.39 is 5.97 Å². The van der Waals surface area contributed by atoms with E-state index in [1.165, 1.54) is 0 Å². The lowest BCUT2D eigenvalue weighted by Crippen LogP contribution is -2.26. The lowest BCUT2D eigenvalue weighted by molar-refractivity contribution is 0.0335. The second-order valence-electron chi connectivity index (χ2n) is 6.17. The van der Waals surface area contributed by atoms with Crippen LogP contribution in [0, 0.1) is 6.92 Å². The molecule has 0 spiro atoms. The lowest BCUT2D eigenvalue weighted by Gasteiger charge is -2.10. The first kappa shape index (κ1) is 19.3. The van der Waals surface area contributed by atoms with Crippen LogP contribution < -0.4 is 5.56 Å². The molecule has 9 heteroatoms. The molecular formula is C20H16N4O3S2. The summed E-state index contributed by atoms with van der Waals surface area (Å²) in [6, 6.07) is 14.1. The van der Waals surface area contributed by atoms with Crippen LogP contribution in [0.3, 0.4) is 0 Å². The number of fused-ring (bicyclic) bond motifs is 1. The van der Waals surface area contributed by atoms with Gasteiger partial charge < -0.3 is 4.74 Å². The maximum absolute atomic E-state index is 12.6. The lowest BCUT2D eigenvalue weighted by atomic mass is 10.1. The highest BCUT2D eigenvalue weighted by Crippen LogP contribution is 2.27. The Balaban J connectivity index is 1.48. The van der Waals surface area contributed by atoms with Crippen LogP contribution >= 0.6 is 23.1 Å². The summed E-state index contributed by atoms with van der Waals surface area (Å²) in [6.07, 6.45) is 0. The molecule has 4 aromatic rings. The average molecular weight is 425 g/mol. The molecule has 0 radical (unpaired) electrons. The number of rotatable bonds is 6. The molecule has 0 N–H and O–H groups in total. The van der Waals surface area contributed by atoms with E-state index in [-0.39, 0.29) is 12.3 Å². The maximum Gasteiger partial charge on any atom is 0.340 e. The number of nitrogens with zero attached hydrogens (tertiary/aromatic N) is 4. The molecule has 0 amide bonds. The van der Waals surface area contributed by atoms with E-state index in [2.05, 4.69) is 15.3 Å². The first-order valence-corrected chi connectivity index (χ1v) is 10.6. The minimum atomic E-state index is -0.515. The van der Waals surface area contributed by atoms with Gasteiger partial charge in [0, 0.05) is 16.8 Å². The van der Waals surface area contributed by atoms with Crippen molar-refractivity contribution in [3.05, 3.63) is 81.1 Å². The monoisotopic (exact) mass is 424 g/mol. The van der Waals surface area contributed by atoms with Crippen LogP contribution in [0.4, 0.5) is 0 Å². The number of thioether (sulfide) groups is 1. The Bertz CT molecular complexity index is 1240. The Kier molecular flexibility index (Phi) is 5.68. The highest BCUT2D eigenvalue weighted by molar-refractivity contribution is 8.00. The topological polar surface area (TPSA) is 87.0 Å². The van der Waals surface area contributed by atoms with Gasteiger partial charge in [-0.2, -0.15) is 4.68 Å². The van der Waals surface area contributed by atoms with Gasteiger partial charge in [-0.15, -0.1) is 16.4 Å². The van der Waals surface area contributed by atoms with Gasteiger partial charge in [-0.05, 0) is 30.7 Å². The van der Waals surface area contributed by atoms with Crippen LogP contribution in [0.25, 0.3) is 10.9 Å². The molecule has 2 aromatic heterocycles. The number of thiazole rings is 1. The van der Waals surface area contributed by atoms with Crippen LogP contribution in [0.15, 0.2) is 63.0 Å². The van der Waals surface area contributed by atoms with Gasteiger partial charge in [-0.1, -0.05) is 47.3 Å². The molecule has 146 valence electrons. The van der Waals surface area contributed by atoms with Crippen LogP contribution in [0.1, 0.15) is 21.6 Å². The summed E-state index contributed by atoms with van der Waals surface area (Å²) < 4.78 is 7.33. The number of carbonyl (C=O) groups excluding carboxylic acids is 1. The van der Waals surface area contributed by atoms with E-state index >= 15 is 0 Å². The van der Waals surface area contributed by atoms with Crippen molar-refractivity contribution in [2.45, 2.75) is 23.7 Å². The average Bonchev–Trinajstić information content (AvgIpc) is 3.17. The smallest absolute Gasteiger partial charge is 0.340 e. The minimum absolute atomic E-state index is 0.303. The van der Waals surface area contributed by atoms with Gasteiger partial charge in [0.15, 0.2) is 6.73 Å². The SMILES string of the molecule is Cc1csc(SCc2ccccc2C(=O)OCn2nnc3ccccc3c2=O)n1. The molecule has 0 aliphatic heterocycles. The number of hydrogen-bond donors (Lipinski definition) is 0. The summed E-state index contributed by atoms with van der Waals surface area (Å²) in [5.74, 6) is 0.0758. The summed E-state index contributed by atoms with van der Waals surface area (Å²) in [5, 5.41) is 10.2. The number of aromatic nitrogens is 4.